The van der Waals surface area contributed by atoms with Crippen molar-refractivity contribution in [2.24, 2.45) is 0 Å². The van der Waals surface area contributed by atoms with Crippen LogP contribution in [0, 0.1) is 20.8 Å². The molecule has 0 radical (unpaired) electrons. The average molecular weight is 336 g/mol. The quantitative estimate of drug-likeness (QED) is 0.709. The van der Waals surface area contributed by atoms with Gasteiger partial charge in [0.2, 0.25) is 11.8 Å². The number of oxazole rings is 2. The van der Waals surface area contributed by atoms with Crippen molar-refractivity contribution in [3.05, 3.63) is 45.6 Å². The summed E-state index contributed by atoms with van der Waals surface area (Å²) in [4.78, 5) is 8.71. The molecule has 0 aliphatic carbocycles. The van der Waals surface area contributed by atoms with Gasteiger partial charge in [0.15, 0.2) is 0 Å². The van der Waals surface area contributed by atoms with Crippen LogP contribution in [0.15, 0.2) is 25.7 Å². The predicted octanol–water partition coefficient (Wildman–Crippen LogP) is 3.77. The Morgan fingerprint density at radius 3 is 2.59 bits per heavy atom. The predicted molar refractivity (Wildman–Crippen MR) is 86.1 cm³/mol. The van der Waals surface area contributed by atoms with Crippen LogP contribution in [0.5, 0.6) is 0 Å². The summed E-state index contributed by atoms with van der Waals surface area (Å²) in [5.41, 5.74) is 2.51. The van der Waals surface area contributed by atoms with E-state index in [9.17, 15) is 4.21 Å². The SMILES string of the molecule is Cc1nc(C[S@](=O)Cc2nc(-c3ccsc3)oc2C)oc1C. The van der Waals surface area contributed by atoms with Crippen LogP contribution in [0.25, 0.3) is 11.5 Å². The summed E-state index contributed by atoms with van der Waals surface area (Å²) in [6.45, 7) is 5.57. The van der Waals surface area contributed by atoms with Crippen molar-refractivity contribution in [1.29, 1.82) is 0 Å². The standard InChI is InChI=1S/C15H16N2O3S2/c1-9-10(2)19-14(16-9)8-22(18)7-13-11(3)20-15(17-13)12-4-5-21-6-12/h4-6H,7-8H2,1-3H3/t22-/m1/s1. The third kappa shape index (κ3) is 3.20. The number of aromatic nitrogens is 2. The highest BCUT2D eigenvalue weighted by Crippen LogP contribution is 2.24. The maximum Gasteiger partial charge on any atom is 0.227 e. The fourth-order valence-corrected chi connectivity index (χ4v) is 3.72. The number of thiophene rings is 1. The van der Waals surface area contributed by atoms with E-state index in [1.165, 1.54) is 0 Å². The van der Waals surface area contributed by atoms with Gasteiger partial charge in [-0.05, 0) is 32.2 Å². The smallest absolute Gasteiger partial charge is 0.227 e. The number of hydrogen-bond donors (Lipinski definition) is 0. The molecule has 0 saturated heterocycles. The monoisotopic (exact) mass is 336 g/mol. The lowest BCUT2D eigenvalue weighted by atomic mass is 10.3. The maximum atomic E-state index is 12.3. The van der Waals surface area contributed by atoms with Gasteiger partial charge in [0, 0.05) is 21.7 Å². The van der Waals surface area contributed by atoms with Gasteiger partial charge >= 0.3 is 0 Å². The van der Waals surface area contributed by atoms with Crippen LogP contribution in [0.3, 0.4) is 0 Å². The van der Waals surface area contributed by atoms with Crippen molar-refractivity contribution >= 4 is 22.1 Å². The summed E-state index contributed by atoms with van der Waals surface area (Å²) in [5, 5.41) is 3.95. The van der Waals surface area contributed by atoms with Crippen LogP contribution < -0.4 is 0 Å². The van der Waals surface area contributed by atoms with Crippen molar-refractivity contribution in [2.45, 2.75) is 32.3 Å². The summed E-state index contributed by atoms with van der Waals surface area (Å²) in [6.07, 6.45) is 0. The largest absolute Gasteiger partial charge is 0.445 e. The highest BCUT2D eigenvalue weighted by Gasteiger charge is 2.16. The molecule has 3 heterocycles. The Morgan fingerprint density at radius 1 is 1.14 bits per heavy atom. The molecule has 3 rings (SSSR count). The Bertz CT molecular complexity index is 783. The summed E-state index contributed by atoms with van der Waals surface area (Å²) in [5.74, 6) is 3.18. The van der Waals surface area contributed by atoms with Crippen molar-refractivity contribution < 1.29 is 13.0 Å². The van der Waals surface area contributed by atoms with Crippen molar-refractivity contribution in [3.63, 3.8) is 0 Å². The third-order valence-electron chi connectivity index (χ3n) is 3.32. The minimum Gasteiger partial charge on any atom is -0.445 e. The second-order valence-electron chi connectivity index (χ2n) is 5.01. The van der Waals surface area contributed by atoms with Gasteiger partial charge < -0.3 is 8.83 Å². The molecule has 22 heavy (non-hydrogen) atoms. The minimum atomic E-state index is -1.14. The zero-order chi connectivity index (χ0) is 15.7. The van der Waals surface area contributed by atoms with Crippen LogP contribution in [0.2, 0.25) is 0 Å². The summed E-state index contributed by atoms with van der Waals surface area (Å²) in [6, 6.07) is 1.95. The van der Waals surface area contributed by atoms with Gasteiger partial charge in [-0.2, -0.15) is 11.3 Å². The Balaban J connectivity index is 1.71. The Morgan fingerprint density at radius 2 is 1.95 bits per heavy atom. The normalized spacial score (nSPS) is 12.7. The fourth-order valence-electron chi connectivity index (χ4n) is 2.01. The van der Waals surface area contributed by atoms with E-state index in [1.54, 1.807) is 11.3 Å². The molecule has 7 heteroatoms. The second-order valence-corrected chi connectivity index (χ2v) is 7.25. The van der Waals surface area contributed by atoms with Gasteiger partial charge in [0.05, 0.1) is 17.1 Å². The summed E-state index contributed by atoms with van der Waals surface area (Å²) < 4.78 is 23.4. The molecule has 0 N–H and O–H groups in total. The number of rotatable bonds is 5. The molecule has 0 saturated carbocycles. The van der Waals surface area contributed by atoms with E-state index in [0.717, 1.165) is 22.7 Å². The molecule has 5 nitrogen and oxygen atoms in total. The highest BCUT2D eigenvalue weighted by atomic mass is 32.2. The maximum absolute atomic E-state index is 12.3. The molecule has 3 aromatic rings. The average Bonchev–Trinajstić information content (AvgIpc) is 3.14. The molecule has 0 amide bonds. The zero-order valence-electron chi connectivity index (χ0n) is 12.6. The van der Waals surface area contributed by atoms with Crippen molar-refractivity contribution in [3.8, 4) is 11.5 Å². The van der Waals surface area contributed by atoms with E-state index in [1.807, 2.05) is 37.6 Å². The first-order valence-electron chi connectivity index (χ1n) is 6.79. The van der Waals surface area contributed by atoms with Crippen LogP contribution in [0.1, 0.15) is 28.8 Å². The molecule has 0 fully saturated rings. The first-order chi connectivity index (χ1) is 10.5. The van der Waals surface area contributed by atoms with E-state index >= 15 is 0 Å². The molecule has 0 spiro atoms. The molecule has 1 atom stereocenters. The second kappa shape index (κ2) is 6.18. The van der Waals surface area contributed by atoms with E-state index < -0.39 is 10.8 Å². The molecule has 3 aromatic heterocycles. The molecule has 0 unspecified atom stereocenters. The molecule has 0 aliphatic rings. The number of hydrogen-bond acceptors (Lipinski definition) is 6. The molecular formula is C15H16N2O3S2. The fraction of sp³-hybridized carbons (Fsp3) is 0.333. The lowest BCUT2D eigenvalue weighted by molar-refractivity contribution is 0.487. The number of nitrogens with zero attached hydrogens (tertiary/aromatic N) is 2. The van der Waals surface area contributed by atoms with Gasteiger partial charge in [-0.1, -0.05) is 0 Å². The Labute approximate surface area is 134 Å². The van der Waals surface area contributed by atoms with Crippen LogP contribution in [-0.2, 0) is 22.3 Å². The van der Waals surface area contributed by atoms with Gasteiger partial charge in [0.1, 0.15) is 17.3 Å². The Kier molecular flexibility index (Phi) is 4.26. The van der Waals surface area contributed by atoms with E-state index in [-0.39, 0.29) is 5.75 Å². The molecular weight excluding hydrogens is 320 g/mol. The lowest BCUT2D eigenvalue weighted by Crippen LogP contribution is -2.01. The van der Waals surface area contributed by atoms with Gasteiger partial charge in [0.25, 0.3) is 0 Å². The molecule has 0 aromatic carbocycles. The van der Waals surface area contributed by atoms with E-state index in [4.69, 9.17) is 8.83 Å². The topological polar surface area (TPSA) is 69.1 Å². The molecule has 116 valence electrons. The zero-order valence-corrected chi connectivity index (χ0v) is 14.2. The third-order valence-corrected chi connectivity index (χ3v) is 5.16. The number of aryl methyl sites for hydroxylation is 3. The highest BCUT2D eigenvalue weighted by molar-refractivity contribution is 7.83. The van der Waals surface area contributed by atoms with Crippen molar-refractivity contribution in [1.82, 2.24) is 9.97 Å². The summed E-state index contributed by atoms with van der Waals surface area (Å²) >= 11 is 1.59. The van der Waals surface area contributed by atoms with Crippen LogP contribution in [0.4, 0.5) is 0 Å². The van der Waals surface area contributed by atoms with Gasteiger partial charge in [-0.3, -0.25) is 4.21 Å². The van der Waals surface area contributed by atoms with Crippen LogP contribution >= 0.6 is 11.3 Å². The molecule has 0 aliphatic heterocycles. The van der Waals surface area contributed by atoms with E-state index in [0.29, 0.717) is 23.3 Å². The first-order valence-corrected chi connectivity index (χ1v) is 9.22. The van der Waals surface area contributed by atoms with E-state index in [2.05, 4.69) is 9.97 Å². The Hall–Kier alpha value is -1.73. The first kappa shape index (κ1) is 15.2. The van der Waals surface area contributed by atoms with Gasteiger partial charge in [-0.15, -0.1) is 0 Å². The van der Waals surface area contributed by atoms with Crippen molar-refractivity contribution in [2.75, 3.05) is 0 Å². The lowest BCUT2D eigenvalue weighted by Gasteiger charge is -1.97. The van der Waals surface area contributed by atoms with Crippen LogP contribution in [-0.4, -0.2) is 14.2 Å². The summed E-state index contributed by atoms with van der Waals surface area (Å²) in [7, 11) is -1.14. The van der Waals surface area contributed by atoms with Gasteiger partial charge in [-0.25, -0.2) is 9.97 Å². The molecule has 0 bridgehead atoms. The minimum absolute atomic E-state index is 0.286.